The Bertz CT molecular complexity index is 1590. The number of amides is 1. The van der Waals surface area contributed by atoms with Crippen molar-refractivity contribution in [2.45, 2.75) is 31.0 Å². The van der Waals surface area contributed by atoms with Gasteiger partial charge in [0.15, 0.2) is 11.6 Å². The Balaban J connectivity index is 1.47. The minimum absolute atomic E-state index is 0.0675. The molecular formula is C36H36BrN3O5. The number of benzene rings is 4. The monoisotopic (exact) mass is 669 g/mol. The van der Waals surface area contributed by atoms with Gasteiger partial charge < -0.3 is 19.3 Å². The van der Waals surface area contributed by atoms with Crippen molar-refractivity contribution in [3.8, 4) is 11.5 Å². The van der Waals surface area contributed by atoms with Crippen LogP contribution in [0.25, 0.3) is 6.08 Å². The Morgan fingerprint density at radius 1 is 0.978 bits per heavy atom. The van der Waals surface area contributed by atoms with Gasteiger partial charge in [0, 0.05) is 36.0 Å². The van der Waals surface area contributed by atoms with Crippen LogP contribution in [0.1, 0.15) is 41.2 Å². The van der Waals surface area contributed by atoms with Crippen molar-refractivity contribution in [1.82, 2.24) is 10.9 Å². The summed E-state index contributed by atoms with van der Waals surface area (Å²) in [5.74, 6) is 1.48. The molecule has 0 spiro atoms. The maximum atomic E-state index is 14.3. The first-order chi connectivity index (χ1) is 22.0. The van der Waals surface area contributed by atoms with Crippen LogP contribution >= 0.6 is 15.9 Å². The van der Waals surface area contributed by atoms with E-state index in [1.54, 1.807) is 7.11 Å². The zero-order valence-electron chi connectivity index (χ0n) is 25.0. The highest BCUT2D eigenvalue weighted by Gasteiger charge is 2.52. The smallest absolute Gasteiger partial charge is 0.266 e. The number of nitrogens with zero attached hydrogens (tertiary/aromatic N) is 1. The van der Waals surface area contributed by atoms with E-state index in [0.717, 1.165) is 32.5 Å². The Kier molecular flexibility index (Phi) is 11.0. The van der Waals surface area contributed by atoms with Crippen molar-refractivity contribution in [2.75, 3.05) is 20.3 Å². The van der Waals surface area contributed by atoms with Gasteiger partial charge in [-0.05, 0) is 65.2 Å². The summed E-state index contributed by atoms with van der Waals surface area (Å²) in [5.41, 5.74) is 8.22. The van der Waals surface area contributed by atoms with Gasteiger partial charge in [-0.15, -0.1) is 0 Å². The van der Waals surface area contributed by atoms with Gasteiger partial charge in [-0.25, -0.2) is 10.4 Å². The van der Waals surface area contributed by atoms with Crippen LogP contribution in [0.3, 0.4) is 0 Å². The zero-order valence-corrected chi connectivity index (χ0v) is 26.6. The highest BCUT2D eigenvalue weighted by Crippen LogP contribution is 2.43. The van der Waals surface area contributed by atoms with Crippen LogP contribution in [0.5, 0.6) is 11.5 Å². The van der Waals surface area contributed by atoms with E-state index >= 15 is 0 Å². The van der Waals surface area contributed by atoms with E-state index in [1.807, 2.05) is 115 Å². The van der Waals surface area contributed by atoms with Crippen molar-refractivity contribution < 1.29 is 24.1 Å². The fraction of sp³-hybridized carbons (Fsp3) is 0.222. The van der Waals surface area contributed by atoms with Gasteiger partial charge in [0.25, 0.3) is 5.91 Å². The SMILES string of the molecule is COc1ccc(CNNC(=O)[C@@]2(C/C=C/c3ccccc3)N=C(c3ccc(OCCCO)cc3)O[C@H]2c2ccc(Br)cc2)cc1. The number of ether oxygens (including phenoxy) is 3. The van der Waals surface area contributed by atoms with E-state index < -0.39 is 11.6 Å². The fourth-order valence-electron chi connectivity index (χ4n) is 4.97. The summed E-state index contributed by atoms with van der Waals surface area (Å²) >= 11 is 3.52. The van der Waals surface area contributed by atoms with Gasteiger partial charge >= 0.3 is 0 Å². The first-order valence-corrected chi connectivity index (χ1v) is 15.5. The second-order valence-corrected chi connectivity index (χ2v) is 11.4. The maximum absolute atomic E-state index is 14.3. The highest BCUT2D eigenvalue weighted by atomic mass is 79.9. The lowest BCUT2D eigenvalue weighted by molar-refractivity contribution is -0.129. The molecule has 0 aromatic heterocycles. The fourth-order valence-corrected chi connectivity index (χ4v) is 5.23. The first-order valence-electron chi connectivity index (χ1n) is 14.7. The van der Waals surface area contributed by atoms with Gasteiger partial charge in [-0.2, -0.15) is 0 Å². The van der Waals surface area contributed by atoms with Crippen LogP contribution < -0.4 is 20.3 Å². The van der Waals surface area contributed by atoms with Crippen LogP contribution in [0.15, 0.2) is 119 Å². The Hall–Kier alpha value is -4.44. The third kappa shape index (κ3) is 8.19. The van der Waals surface area contributed by atoms with E-state index in [2.05, 4.69) is 26.8 Å². The van der Waals surface area contributed by atoms with Crippen molar-refractivity contribution in [2.24, 2.45) is 4.99 Å². The molecule has 5 rings (SSSR count). The van der Waals surface area contributed by atoms with Crippen LogP contribution in [-0.4, -0.2) is 42.8 Å². The van der Waals surface area contributed by atoms with E-state index in [1.165, 1.54) is 0 Å². The minimum Gasteiger partial charge on any atom is -0.497 e. The molecule has 45 heavy (non-hydrogen) atoms. The number of halogens is 1. The second-order valence-electron chi connectivity index (χ2n) is 10.5. The van der Waals surface area contributed by atoms with E-state index in [4.69, 9.17) is 24.3 Å². The summed E-state index contributed by atoms with van der Waals surface area (Å²) in [7, 11) is 1.63. The molecule has 0 fully saturated rings. The molecule has 4 aromatic carbocycles. The third-order valence-corrected chi connectivity index (χ3v) is 7.92. The predicted octanol–water partition coefficient (Wildman–Crippen LogP) is 6.40. The molecule has 1 heterocycles. The molecule has 1 amide bonds. The molecule has 3 N–H and O–H groups in total. The third-order valence-electron chi connectivity index (χ3n) is 7.40. The summed E-state index contributed by atoms with van der Waals surface area (Å²) in [5, 5.41) is 9.06. The normalized spacial score (nSPS) is 17.5. The van der Waals surface area contributed by atoms with Crippen LogP contribution in [0.2, 0.25) is 0 Å². The molecule has 0 saturated heterocycles. The van der Waals surface area contributed by atoms with Crippen molar-refractivity contribution >= 4 is 33.8 Å². The van der Waals surface area contributed by atoms with E-state index in [9.17, 15) is 4.79 Å². The zero-order chi connectivity index (χ0) is 31.5. The van der Waals surface area contributed by atoms with Gasteiger partial charge in [-0.3, -0.25) is 10.2 Å². The van der Waals surface area contributed by atoms with E-state index in [-0.39, 0.29) is 18.9 Å². The molecule has 0 saturated carbocycles. The Labute approximate surface area is 271 Å². The molecule has 9 heteroatoms. The number of hydrazine groups is 1. The summed E-state index contributed by atoms with van der Waals surface area (Å²) in [6, 6.07) is 32.7. The first kappa shape index (κ1) is 32.0. The summed E-state index contributed by atoms with van der Waals surface area (Å²) in [6.45, 7) is 0.890. The van der Waals surface area contributed by atoms with Crippen LogP contribution in [0.4, 0.5) is 0 Å². The van der Waals surface area contributed by atoms with Gasteiger partial charge in [0.2, 0.25) is 5.90 Å². The quantitative estimate of drug-likeness (QED) is 0.106. The molecule has 2 atom stereocenters. The van der Waals surface area contributed by atoms with E-state index in [0.29, 0.717) is 31.2 Å². The number of aliphatic hydroxyl groups excluding tert-OH is 1. The van der Waals surface area contributed by atoms with Crippen molar-refractivity contribution in [3.05, 3.63) is 136 Å². The Morgan fingerprint density at radius 3 is 2.38 bits per heavy atom. The number of aliphatic imine (C=N–C) groups is 1. The molecule has 8 nitrogen and oxygen atoms in total. The molecule has 0 radical (unpaired) electrons. The topological polar surface area (TPSA) is 101 Å². The van der Waals surface area contributed by atoms with Gasteiger partial charge in [0.05, 0.1) is 13.7 Å². The van der Waals surface area contributed by atoms with Crippen molar-refractivity contribution in [3.63, 3.8) is 0 Å². The number of methoxy groups -OCH3 is 1. The number of nitrogens with one attached hydrogen (secondary N) is 2. The standard InChI is InChI=1S/C36H36BrN3O5/c1-43-31-18-10-27(11-19-31)25-38-40-35(42)36(22-5-9-26-7-3-2-4-8-26)33(28-12-16-30(37)17-13-28)45-34(39-36)29-14-20-32(21-15-29)44-24-6-23-41/h2-5,7-21,33,38,41H,6,22-25H2,1H3,(H,40,42)/b9-5+/t33-,36-/m0/s1. The lowest BCUT2D eigenvalue weighted by Crippen LogP contribution is -2.52. The molecule has 0 unspecified atom stereocenters. The van der Waals surface area contributed by atoms with Crippen LogP contribution in [0, 0.1) is 0 Å². The lowest BCUT2D eigenvalue weighted by Gasteiger charge is -2.30. The average molecular weight is 671 g/mol. The molecule has 1 aliphatic rings. The number of rotatable bonds is 14. The molecule has 0 aliphatic carbocycles. The summed E-state index contributed by atoms with van der Waals surface area (Å²) < 4.78 is 18.4. The average Bonchev–Trinajstić information content (AvgIpc) is 3.47. The number of carbonyl (C=O) groups excluding carboxylic acids is 1. The molecular weight excluding hydrogens is 634 g/mol. The number of aliphatic hydroxyl groups is 1. The molecule has 232 valence electrons. The predicted molar refractivity (Wildman–Crippen MR) is 179 cm³/mol. The lowest BCUT2D eigenvalue weighted by atomic mass is 9.84. The summed E-state index contributed by atoms with van der Waals surface area (Å²) in [6.07, 6.45) is 4.09. The minimum atomic E-state index is -1.32. The Morgan fingerprint density at radius 2 is 1.69 bits per heavy atom. The molecule has 1 aliphatic heterocycles. The maximum Gasteiger partial charge on any atom is 0.266 e. The molecule has 0 bridgehead atoms. The summed E-state index contributed by atoms with van der Waals surface area (Å²) in [4.78, 5) is 19.3. The van der Waals surface area contributed by atoms with Crippen molar-refractivity contribution in [1.29, 1.82) is 0 Å². The number of hydrogen-bond donors (Lipinski definition) is 3. The second kappa shape index (κ2) is 15.5. The van der Waals surface area contributed by atoms with Gasteiger partial charge in [-0.1, -0.05) is 82.7 Å². The van der Waals surface area contributed by atoms with Gasteiger partial charge in [0.1, 0.15) is 11.5 Å². The van der Waals surface area contributed by atoms with Crippen LogP contribution in [-0.2, 0) is 16.1 Å². The largest absolute Gasteiger partial charge is 0.497 e. The number of hydrogen-bond acceptors (Lipinski definition) is 7. The molecule has 4 aromatic rings. The highest BCUT2D eigenvalue weighted by molar-refractivity contribution is 9.10. The number of carbonyl (C=O) groups is 1.